The lowest BCUT2D eigenvalue weighted by molar-refractivity contribution is 0.0184. The number of halogens is 1. The Hall–Kier alpha value is -1.36. The lowest BCUT2D eigenvalue weighted by Crippen LogP contribution is -2.23. The van der Waals surface area contributed by atoms with Crippen LogP contribution in [0.25, 0.3) is 0 Å². The van der Waals surface area contributed by atoms with Crippen LogP contribution in [-0.4, -0.2) is 27.6 Å². The van der Waals surface area contributed by atoms with E-state index in [1.54, 1.807) is 4.68 Å². The predicted molar refractivity (Wildman–Crippen MR) is 78.8 cm³/mol. The Kier molecular flexibility index (Phi) is 5.17. The van der Waals surface area contributed by atoms with Crippen molar-refractivity contribution in [1.29, 1.82) is 0 Å². The molecule has 0 saturated carbocycles. The van der Waals surface area contributed by atoms with E-state index in [2.05, 4.69) is 5.10 Å². The number of aliphatic hydroxyl groups excluding tert-OH is 1. The number of rotatable bonds is 6. The molecule has 0 bridgehead atoms. The maximum atomic E-state index is 9.95. The first kappa shape index (κ1) is 15.0. The van der Waals surface area contributed by atoms with Crippen LogP contribution >= 0.6 is 11.6 Å². The molecule has 20 heavy (non-hydrogen) atoms. The molecule has 1 aromatic heterocycles. The number of ether oxygens (including phenoxy) is 1. The number of nitrogens with zero attached hydrogens (tertiary/aromatic N) is 2. The third kappa shape index (κ3) is 4.34. The van der Waals surface area contributed by atoms with Crippen molar-refractivity contribution in [3.63, 3.8) is 0 Å². The van der Waals surface area contributed by atoms with Gasteiger partial charge in [0, 0.05) is 10.7 Å². The summed E-state index contributed by atoms with van der Waals surface area (Å²) in [6.07, 6.45) is -0.569. The van der Waals surface area contributed by atoms with Gasteiger partial charge in [0.15, 0.2) is 0 Å². The monoisotopic (exact) mass is 294 g/mol. The summed E-state index contributed by atoms with van der Waals surface area (Å²) in [5.41, 5.74) is 3.03. The van der Waals surface area contributed by atoms with E-state index < -0.39 is 6.10 Å². The fraction of sp³-hybridized carbons (Fsp3) is 0.400. The number of hydrogen-bond acceptors (Lipinski definition) is 3. The number of hydrogen-bond donors (Lipinski definition) is 1. The molecule has 0 aliphatic rings. The molecule has 0 fully saturated rings. The molecule has 1 heterocycles. The van der Waals surface area contributed by atoms with Gasteiger partial charge in [-0.25, -0.2) is 0 Å². The zero-order chi connectivity index (χ0) is 14.5. The van der Waals surface area contributed by atoms with E-state index in [1.807, 2.05) is 44.2 Å². The fourth-order valence-electron chi connectivity index (χ4n) is 2.01. The second kappa shape index (κ2) is 6.88. The highest BCUT2D eigenvalue weighted by molar-refractivity contribution is 6.30. The summed E-state index contributed by atoms with van der Waals surface area (Å²) >= 11 is 5.81. The maximum absolute atomic E-state index is 9.95. The standard InChI is InChI=1S/C15H19ClN2O2/c1-11-7-12(2)18(17-11)8-15(19)10-20-9-13-3-5-14(16)6-4-13/h3-7,15,19H,8-10H2,1-2H3/t15-/m0/s1. The van der Waals surface area contributed by atoms with Crippen LogP contribution in [0.2, 0.25) is 5.02 Å². The van der Waals surface area contributed by atoms with Crippen LogP contribution in [0.5, 0.6) is 0 Å². The molecule has 0 radical (unpaired) electrons. The first-order valence-corrected chi connectivity index (χ1v) is 6.93. The van der Waals surface area contributed by atoms with Gasteiger partial charge in [-0.15, -0.1) is 0 Å². The van der Waals surface area contributed by atoms with Crippen LogP contribution < -0.4 is 0 Å². The van der Waals surface area contributed by atoms with E-state index in [1.165, 1.54) is 0 Å². The van der Waals surface area contributed by atoms with Crippen LogP contribution in [0.1, 0.15) is 17.0 Å². The minimum Gasteiger partial charge on any atom is -0.389 e. The van der Waals surface area contributed by atoms with Crippen molar-refractivity contribution in [3.8, 4) is 0 Å². The molecular weight excluding hydrogens is 276 g/mol. The lowest BCUT2D eigenvalue weighted by atomic mass is 10.2. The summed E-state index contributed by atoms with van der Waals surface area (Å²) < 4.78 is 7.30. The van der Waals surface area contributed by atoms with Gasteiger partial charge in [0.1, 0.15) is 0 Å². The van der Waals surface area contributed by atoms with Gasteiger partial charge in [0.25, 0.3) is 0 Å². The van der Waals surface area contributed by atoms with Gasteiger partial charge >= 0.3 is 0 Å². The van der Waals surface area contributed by atoms with E-state index in [9.17, 15) is 5.11 Å². The van der Waals surface area contributed by atoms with Gasteiger partial charge in [0.2, 0.25) is 0 Å². The number of benzene rings is 1. The van der Waals surface area contributed by atoms with E-state index >= 15 is 0 Å². The third-order valence-electron chi connectivity index (χ3n) is 2.98. The smallest absolute Gasteiger partial charge is 0.0969 e. The molecular formula is C15H19ClN2O2. The van der Waals surface area contributed by atoms with Crippen molar-refractivity contribution < 1.29 is 9.84 Å². The molecule has 0 aliphatic heterocycles. The van der Waals surface area contributed by atoms with Crippen LogP contribution in [0, 0.1) is 13.8 Å². The minimum absolute atomic E-state index is 0.279. The maximum Gasteiger partial charge on any atom is 0.0969 e. The highest BCUT2D eigenvalue weighted by atomic mass is 35.5. The van der Waals surface area contributed by atoms with E-state index in [0.29, 0.717) is 18.2 Å². The molecule has 1 aromatic carbocycles. The Balaban J connectivity index is 1.76. The van der Waals surface area contributed by atoms with Crippen molar-refractivity contribution in [2.45, 2.75) is 33.1 Å². The molecule has 0 unspecified atom stereocenters. The van der Waals surface area contributed by atoms with Gasteiger partial charge < -0.3 is 9.84 Å². The molecule has 0 amide bonds. The van der Waals surface area contributed by atoms with Crippen LogP contribution in [0.15, 0.2) is 30.3 Å². The number of aliphatic hydroxyl groups is 1. The zero-order valence-corrected chi connectivity index (χ0v) is 12.5. The second-order valence-corrected chi connectivity index (χ2v) is 5.34. The first-order chi connectivity index (χ1) is 9.54. The van der Waals surface area contributed by atoms with E-state index in [4.69, 9.17) is 16.3 Å². The van der Waals surface area contributed by atoms with Gasteiger partial charge in [-0.1, -0.05) is 23.7 Å². The van der Waals surface area contributed by atoms with E-state index in [-0.39, 0.29) is 6.61 Å². The second-order valence-electron chi connectivity index (χ2n) is 4.90. The van der Waals surface area contributed by atoms with Crippen molar-refractivity contribution in [3.05, 3.63) is 52.3 Å². The minimum atomic E-state index is -0.569. The van der Waals surface area contributed by atoms with Crippen LogP contribution in [-0.2, 0) is 17.9 Å². The quantitative estimate of drug-likeness (QED) is 0.891. The van der Waals surface area contributed by atoms with Crippen molar-refractivity contribution in [2.24, 2.45) is 0 Å². The molecule has 0 aliphatic carbocycles. The summed E-state index contributed by atoms with van der Waals surface area (Å²) in [6, 6.07) is 9.46. The highest BCUT2D eigenvalue weighted by Gasteiger charge is 2.09. The van der Waals surface area contributed by atoms with Crippen LogP contribution in [0.4, 0.5) is 0 Å². The van der Waals surface area contributed by atoms with Gasteiger partial charge in [-0.3, -0.25) is 4.68 Å². The third-order valence-corrected chi connectivity index (χ3v) is 3.23. The molecule has 1 atom stereocenters. The molecule has 0 spiro atoms. The molecule has 5 heteroatoms. The van der Waals surface area contributed by atoms with Crippen molar-refractivity contribution in [1.82, 2.24) is 9.78 Å². The molecule has 2 rings (SSSR count). The normalized spacial score (nSPS) is 12.6. The van der Waals surface area contributed by atoms with Crippen molar-refractivity contribution in [2.75, 3.05) is 6.61 Å². The Morgan fingerprint density at radius 3 is 2.60 bits per heavy atom. The number of aromatic nitrogens is 2. The average molecular weight is 295 g/mol. The predicted octanol–water partition coefficient (Wildman–Crippen LogP) is 2.73. The SMILES string of the molecule is Cc1cc(C)n(C[C@H](O)COCc2ccc(Cl)cc2)n1. The van der Waals surface area contributed by atoms with Gasteiger partial charge in [0.05, 0.1) is 31.6 Å². The Morgan fingerprint density at radius 1 is 1.30 bits per heavy atom. The summed E-state index contributed by atoms with van der Waals surface area (Å²) in [5, 5.41) is 15.0. The molecule has 108 valence electrons. The summed E-state index contributed by atoms with van der Waals surface area (Å²) in [4.78, 5) is 0. The average Bonchev–Trinajstić information content (AvgIpc) is 2.70. The Morgan fingerprint density at radius 2 is 2.00 bits per heavy atom. The van der Waals surface area contributed by atoms with Gasteiger partial charge in [-0.2, -0.15) is 5.10 Å². The Labute approximate surface area is 123 Å². The molecule has 1 N–H and O–H groups in total. The summed E-state index contributed by atoms with van der Waals surface area (Å²) in [7, 11) is 0. The molecule has 2 aromatic rings. The van der Waals surface area contributed by atoms with Gasteiger partial charge in [-0.05, 0) is 37.6 Å². The summed E-state index contributed by atoms with van der Waals surface area (Å²) in [5.74, 6) is 0. The highest BCUT2D eigenvalue weighted by Crippen LogP contribution is 2.10. The fourth-order valence-corrected chi connectivity index (χ4v) is 2.13. The topological polar surface area (TPSA) is 47.3 Å². The summed E-state index contributed by atoms with van der Waals surface area (Å²) in [6.45, 7) is 5.10. The van der Waals surface area contributed by atoms with E-state index in [0.717, 1.165) is 17.0 Å². The Bertz CT molecular complexity index is 552. The lowest BCUT2D eigenvalue weighted by Gasteiger charge is -2.12. The zero-order valence-electron chi connectivity index (χ0n) is 11.7. The number of aryl methyl sites for hydroxylation is 2. The van der Waals surface area contributed by atoms with Crippen LogP contribution in [0.3, 0.4) is 0 Å². The molecule has 4 nitrogen and oxygen atoms in total. The molecule has 0 saturated heterocycles. The van der Waals surface area contributed by atoms with Crippen molar-refractivity contribution >= 4 is 11.6 Å². The largest absolute Gasteiger partial charge is 0.389 e. The first-order valence-electron chi connectivity index (χ1n) is 6.56.